The number of hydrogen-bond acceptors (Lipinski definition) is 5. The summed E-state index contributed by atoms with van der Waals surface area (Å²) in [6, 6.07) is 13.8. The van der Waals surface area contributed by atoms with E-state index in [2.05, 4.69) is 0 Å². The topological polar surface area (TPSA) is 72.9 Å². The third-order valence-electron chi connectivity index (χ3n) is 4.20. The Labute approximate surface area is 151 Å². The van der Waals surface area contributed by atoms with Gasteiger partial charge in [-0.1, -0.05) is 12.1 Å². The van der Waals surface area contributed by atoms with Crippen LogP contribution in [0.3, 0.4) is 0 Å². The number of nitrogens with zero attached hydrogens (tertiary/aromatic N) is 1. The molecule has 0 atom stereocenters. The van der Waals surface area contributed by atoms with Gasteiger partial charge in [-0.05, 0) is 42.0 Å². The van der Waals surface area contributed by atoms with E-state index >= 15 is 0 Å². The molecule has 6 nitrogen and oxygen atoms in total. The Kier molecular flexibility index (Phi) is 5.31. The summed E-state index contributed by atoms with van der Waals surface area (Å²) in [5.41, 5.74) is 1.90. The van der Waals surface area contributed by atoms with E-state index in [9.17, 15) is 14.4 Å². The van der Waals surface area contributed by atoms with Crippen LogP contribution in [0.4, 0.5) is 5.69 Å². The van der Waals surface area contributed by atoms with E-state index in [1.807, 2.05) is 24.3 Å². The second-order valence-electron chi connectivity index (χ2n) is 5.90. The second kappa shape index (κ2) is 7.82. The molecule has 0 bridgehead atoms. The van der Waals surface area contributed by atoms with Gasteiger partial charge in [0, 0.05) is 19.3 Å². The van der Waals surface area contributed by atoms with Gasteiger partial charge in [-0.25, -0.2) is 4.79 Å². The Balaban J connectivity index is 1.54. The van der Waals surface area contributed by atoms with Crippen LogP contribution in [0, 0.1) is 0 Å². The van der Waals surface area contributed by atoms with E-state index in [4.69, 9.17) is 9.47 Å². The number of anilines is 1. The van der Waals surface area contributed by atoms with Crippen molar-refractivity contribution in [2.24, 2.45) is 0 Å². The van der Waals surface area contributed by atoms with E-state index in [0.717, 1.165) is 16.2 Å². The van der Waals surface area contributed by atoms with E-state index < -0.39 is 5.97 Å². The number of hydrogen-bond donors (Lipinski definition) is 0. The number of ether oxygens (including phenoxy) is 2. The molecule has 0 aromatic heterocycles. The highest BCUT2D eigenvalue weighted by Crippen LogP contribution is 2.23. The van der Waals surface area contributed by atoms with Crippen LogP contribution in [-0.2, 0) is 20.7 Å². The van der Waals surface area contributed by atoms with Crippen molar-refractivity contribution >= 4 is 23.5 Å². The number of esters is 1. The molecule has 134 valence electrons. The van der Waals surface area contributed by atoms with Crippen molar-refractivity contribution in [2.45, 2.75) is 19.3 Å². The average molecular weight is 353 g/mol. The summed E-state index contributed by atoms with van der Waals surface area (Å²) in [6.45, 7) is 0.260. The molecule has 1 fully saturated rings. The lowest BCUT2D eigenvalue weighted by Crippen LogP contribution is -2.28. The minimum Gasteiger partial charge on any atom is -0.497 e. The smallest absolute Gasteiger partial charge is 0.338 e. The van der Waals surface area contributed by atoms with Crippen molar-refractivity contribution < 1.29 is 23.9 Å². The second-order valence-corrected chi connectivity index (χ2v) is 5.90. The molecule has 2 aromatic carbocycles. The van der Waals surface area contributed by atoms with E-state index in [-0.39, 0.29) is 31.3 Å². The summed E-state index contributed by atoms with van der Waals surface area (Å²) >= 11 is 0. The predicted octanol–water partition coefficient (Wildman–Crippen LogP) is 2.75. The van der Waals surface area contributed by atoms with Gasteiger partial charge in [-0.15, -0.1) is 0 Å². The van der Waals surface area contributed by atoms with Gasteiger partial charge >= 0.3 is 5.97 Å². The summed E-state index contributed by atoms with van der Waals surface area (Å²) in [7, 11) is 1.61. The first kappa shape index (κ1) is 17.7. The van der Waals surface area contributed by atoms with Crippen molar-refractivity contribution in [1.29, 1.82) is 0 Å². The highest BCUT2D eigenvalue weighted by atomic mass is 16.5. The van der Waals surface area contributed by atoms with Gasteiger partial charge in [0.1, 0.15) is 5.75 Å². The summed E-state index contributed by atoms with van der Waals surface area (Å²) in [5.74, 6) is -0.0976. The number of carbonyl (C=O) groups is 3. The molecule has 1 aliphatic rings. The molecule has 2 aromatic rings. The summed E-state index contributed by atoms with van der Waals surface area (Å²) in [5, 5.41) is 0. The molecule has 0 aliphatic carbocycles. The van der Waals surface area contributed by atoms with Crippen LogP contribution in [0.15, 0.2) is 48.5 Å². The van der Waals surface area contributed by atoms with Crippen LogP contribution in [0.2, 0.25) is 0 Å². The van der Waals surface area contributed by atoms with Gasteiger partial charge < -0.3 is 9.47 Å². The first-order chi connectivity index (χ1) is 12.6. The Morgan fingerprint density at radius 3 is 2.15 bits per heavy atom. The molecule has 0 unspecified atom stereocenters. The molecule has 0 radical (unpaired) electrons. The zero-order chi connectivity index (χ0) is 18.5. The molecule has 3 rings (SSSR count). The fraction of sp³-hybridized carbons (Fsp3) is 0.250. The molecule has 26 heavy (non-hydrogen) atoms. The predicted molar refractivity (Wildman–Crippen MR) is 95.1 cm³/mol. The highest BCUT2D eigenvalue weighted by Gasteiger charge is 2.30. The molecule has 0 spiro atoms. The van der Waals surface area contributed by atoms with Crippen LogP contribution in [0.1, 0.15) is 28.8 Å². The van der Waals surface area contributed by atoms with Crippen molar-refractivity contribution in [3.05, 3.63) is 59.7 Å². The largest absolute Gasteiger partial charge is 0.497 e. The maximum absolute atomic E-state index is 12.1. The fourth-order valence-electron chi connectivity index (χ4n) is 2.75. The number of benzene rings is 2. The molecule has 1 heterocycles. The SMILES string of the molecule is COc1ccc(CCOC(=O)c2ccc(N3C(=O)CCC3=O)cc2)cc1. The van der Waals surface area contributed by atoms with Gasteiger partial charge in [0.05, 0.1) is 25.0 Å². The fourth-order valence-corrected chi connectivity index (χ4v) is 2.75. The molecular formula is C20H19NO5. The van der Waals surface area contributed by atoms with Gasteiger partial charge in [0.25, 0.3) is 0 Å². The number of carbonyl (C=O) groups excluding carboxylic acids is 3. The summed E-state index contributed by atoms with van der Waals surface area (Å²) in [4.78, 5) is 36.7. The van der Waals surface area contributed by atoms with E-state index in [1.54, 1.807) is 31.4 Å². The first-order valence-corrected chi connectivity index (χ1v) is 8.34. The highest BCUT2D eigenvalue weighted by molar-refractivity contribution is 6.19. The van der Waals surface area contributed by atoms with Crippen LogP contribution < -0.4 is 9.64 Å². The van der Waals surface area contributed by atoms with Crippen molar-refractivity contribution in [3.63, 3.8) is 0 Å². The minimum atomic E-state index is -0.441. The number of imide groups is 1. The lowest BCUT2D eigenvalue weighted by Gasteiger charge is -2.14. The number of rotatable bonds is 6. The monoisotopic (exact) mass is 353 g/mol. The first-order valence-electron chi connectivity index (χ1n) is 8.34. The van der Waals surface area contributed by atoms with Crippen LogP contribution >= 0.6 is 0 Å². The summed E-state index contributed by atoms with van der Waals surface area (Å²) < 4.78 is 10.4. The van der Waals surface area contributed by atoms with Gasteiger partial charge in [-0.3, -0.25) is 14.5 Å². The molecular weight excluding hydrogens is 334 g/mol. The van der Waals surface area contributed by atoms with Crippen LogP contribution in [-0.4, -0.2) is 31.5 Å². The van der Waals surface area contributed by atoms with Crippen molar-refractivity contribution in [2.75, 3.05) is 18.6 Å². The normalized spacial score (nSPS) is 13.8. The standard InChI is InChI=1S/C20H19NO5/c1-25-17-8-2-14(3-9-17)12-13-26-20(24)15-4-6-16(7-5-15)21-18(22)10-11-19(21)23/h2-9H,10-13H2,1H3. The number of amides is 2. The third kappa shape index (κ3) is 3.91. The van der Waals surface area contributed by atoms with E-state index in [0.29, 0.717) is 17.7 Å². The zero-order valence-corrected chi connectivity index (χ0v) is 14.4. The molecule has 1 saturated heterocycles. The van der Waals surface area contributed by atoms with E-state index in [1.165, 1.54) is 0 Å². The molecule has 2 amide bonds. The molecule has 0 N–H and O–H groups in total. The lowest BCUT2D eigenvalue weighted by atomic mass is 10.1. The van der Waals surface area contributed by atoms with Crippen molar-refractivity contribution in [1.82, 2.24) is 0 Å². The lowest BCUT2D eigenvalue weighted by molar-refractivity contribution is -0.121. The Hall–Kier alpha value is -3.15. The van der Waals surface area contributed by atoms with Crippen LogP contribution in [0.5, 0.6) is 5.75 Å². The van der Waals surface area contributed by atoms with Gasteiger partial charge in [-0.2, -0.15) is 0 Å². The Morgan fingerprint density at radius 1 is 0.962 bits per heavy atom. The molecule has 6 heteroatoms. The van der Waals surface area contributed by atoms with Crippen LogP contribution in [0.25, 0.3) is 0 Å². The average Bonchev–Trinajstić information content (AvgIpc) is 3.00. The third-order valence-corrected chi connectivity index (χ3v) is 4.20. The van der Waals surface area contributed by atoms with Crippen molar-refractivity contribution in [3.8, 4) is 5.75 Å². The van der Waals surface area contributed by atoms with Gasteiger partial charge in [0.15, 0.2) is 0 Å². The molecule has 1 aliphatic heterocycles. The zero-order valence-electron chi connectivity index (χ0n) is 14.4. The maximum Gasteiger partial charge on any atom is 0.338 e. The minimum absolute atomic E-state index is 0.218. The summed E-state index contributed by atoms with van der Waals surface area (Å²) in [6.07, 6.45) is 1.06. The quantitative estimate of drug-likeness (QED) is 0.590. The Bertz CT molecular complexity index is 795. The Morgan fingerprint density at radius 2 is 1.58 bits per heavy atom. The molecule has 0 saturated carbocycles. The van der Waals surface area contributed by atoms with Gasteiger partial charge in [0.2, 0.25) is 11.8 Å². The maximum atomic E-state index is 12.1. The number of methoxy groups -OCH3 is 1.